The van der Waals surface area contributed by atoms with Gasteiger partial charge in [0.25, 0.3) is 0 Å². The molecular weight excluding hydrogens is 360 g/mol. The quantitative estimate of drug-likeness (QED) is 0.694. The third-order valence-electron chi connectivity index (χ3n) is 9.55. The first-order chi connectivity index (χ1) is 12.8. The van der Waals surface area contributed by atoms with Crippen molar-refractivity contribution in [1.82, 2.24) is 0 Å². The van der Waals surface area contributed by atoms with Gasteiger partial charge in [-0.2, -0.15) is 0 Å². The van der Waals surface area contributed by atoms with Crippen molar-refractivity contribution in [1.29, 1.82) is 0 Å². The van der Waals surface area contributed by atoms with E-state index in [2.05, 4.69) is 25.1 Å². The van der Waals surface area contributed by atoms with Gasteiger partial charge in [0.1, 0.15) is 12.2 Å². The monoisotopic (exact) mass is 392 g/mol. The van der Waals surface area contributed by atoms with Crippen molar-refractivity contribution >= 4 is 17.4 Å². The number of carbonyl (C=O) groups excluding carboxylic acids is 1. The molecule has 4 aliphatic carbocycles. The number of ketones is 1. The highest BCUT2D eigenvalue weighted by molar-refractivity contribution is 6.30. The molecule has 2 N–H and O–H groups in total. The van der Waals surface area contributed by atoms with E-state index in [1.54, 1.807) is 0 Å². The molecule has 0 aromatic heterocycles. The molecule has 0 saturated heterocycles. The van der Waals surface area contributed by atoms with Gasteiger partial charge in [0.15, 0.2) is 5.78 Å². The van der Waals surface area contributed by atoms with E-state index >= 15 is 0 Å². The molecule has 8 atom stereocenters. The number of carbonyl (C=O) groups is 1. The fourth-order valence-electron chi connectivity index (χ4n) is 8.09. The van der Waals surface area contributed by atoms with E-state index in [1.165, 1.54) is 12.8 Å². The first kappa shape index (κ1) is 19.7. The Morgan fingerprint density at radius 3 is 2.48 bits per heavy atom. The summed E-state index contributed by atoms with van der Waals surface area (Å²) in [5, 5.41) is 22.7. The van der Waals surface area contributed by atoms with Crippen LogP contribution in [0.15, 0.2) is 0 Å². The van der Waals surface area contributed by atoms with Gasteiger partial charge in [-0.25, -0.2) is 0 Å². The summed E-state index contributed by atoms with van der Waals surface area (Å²) in [5.41, 5.74) is -0.568. The molecule has 150 valence electrons. The number of aliphatic hydroxyl groups excluding tert-OH is 1. The van der Waals surface area contributed by atoms with Crippen molar-refractivity contribution in [2.45, 2.75) is 77.2 Å². The number of hydrogen-bond donors (Lipinski definition) is 2. The van der Waals surface area contributed by atoms with Gasteiger partial charge < -0.3 is 10.2 Å². The fourth-order valence-corrected chi connectivity index (χ4v) is 8.26. The van der Waals surface area contributed by atoms with Crippen LogP contribution in [0.25, 0.3) is 0 Å². The molecule has 0 radical (unpaired) electrons. The van der Waals surface area contributed by atoms with E-state index in [-0.39, 0.29) is 29.1 Å². The third kappa shape index (κ3) is 2.90. The predicted octanol–water partition coefficient (Wildman–Crippen LogP) is 4.14. The standard InChI is InChI=1S/C23H33ClO3/c1-21-9-10-23(27,11-12-24)13-15(21)3-4-16-17-5-6-19(20(26)14-25)22(17,2)8-7-18(16)21/h15-19,25,27H,3-10,13-14H2,1-2H3/t15?,16-,17-,18-,19+,21-,22-,23?/m0/s1. The molecule has 0 spiro atoms. The zero-order chi connectivity index (χ0) is 19.4. The summed E-state index contributed by atoms with van der Waals surface area (Å²) in [6.45, 7) is 4.47. The highest BCUT2D eigenvalue weighted by Gasteiger charge is 2.61. The molecule has 2 unspecified atom stereocenters. The van der Waals surface area contributed by atoms with Crippen molar-refractivity contribution < 1.29 is 15.0 Å². The molecule has 0 amide bonds. The first-order valence-electron chi connectivity index (χ1n) is 10.8. The molecule has 4 saturated carbocycles. The van der Waals surface area contributed by atoms with Crippen LogP contribution in [0.5, 0.6) is 0 Å². The smallest absolute Gasteiger partial charge is 0.161 e. The zero-order valence-electron chi connectivity index (χ0n) is 16.6. The lowest BCUT2D eigenvalue weighted by molar-refractivity contribution is -0.146. The highest BCUT2D eigenvalue weighted by atomic mass is 35.5. The van der Waals surface area contributed by atoms with Gasteiger partial charge in [-0.05, 0) is 104 Å². The second-order valence-corrected chi connectivity index (χ2v) is 10.6. The van der Waals surface area contributed by atoms with Crippen molar-refractivity contribution in [3.05, 3.63) is 0 Å². The summed E-state index contributed by atoms with van der Waals surface area (Å²) in [7, 11) is 0. The number of halogens is 1. The zero-order valence-corrected chi connectivity index (χ0v) is 17.4. The van der Waals surface area contributed by atoms with Gasteiger partial charge in [0, 0.05) is 11.3 Å². The van der Waals surface area contributed by atoms with Gasteiger partial charge >= 0.3 is 0 Å². The molecule has 4 fully saturated rings. The van der Waals surface area contributed by atoms with Crippen molar-refractivity contribution in [2.75, 3.05) is 6.61 Å². The summed E-state index contributed by atoms with van der Waals surface area (Å²) in [6, 6.07) is 0. The lowest BCUT2D eigenvalue weighted by Gasteiger charge is -2.61. The molecule has 4 aliphatic rings. The molecule has 0 aromatic carbocycles. The molecule has 4 rings (SSSR count). The van der Waals surface area contributed by atoms with Gasteiger partial charge in [-0.15, -0.1) is 0 Å². The summed E-state index contributed by atoms with van der Waals surface area (Å²) in [6.07, 6.45) is 9.21. The fraction of sp³-hybridized carbons (Fsp3) is 0.870. The van der Waals surface area contributed by atoms with Crippen LogP contribution in [0, 0.1) is 51.7 Å². The molecule has 4 heteroatoms. The van der Waals surface area contributed by atoms with Crippen LogP contribution >= 0.6 is 11.6 Å². The summed E-state index contributed by atoms with van der Waals surface area (Å²) < 4.78 is 0. The first-order valence-corrected chi connectivity index (χ1v) is 11.1. The van der Waals surface area contributed by atoms with Crippen LogP contribution in [0.4, 0.5) is 0 Å². The summed E-state index contributed by atoms with van der Waals surface area (Å²) in [5.74, 6) is 5.46. The second kappa shape index (κ2) is 6.75. The van der Waals surface area contributed by atoms with Crippen LogP contribution < -0.4 is 0 Å². The maximum Gasteiger partial charge on any atom is 0.161 e. The van der Waals surface area contributed by atoms with Crippen LogP contribution in [0.1, 0.15) is 71.6 Å². The van der Waals surface area contributed by atoms with E-state index in [4.69, 9.17) is 11.6 Å². The van der Waals surface area contributed by atoms with E-state index in [0.29, 0.717) is 23.7 Å². The Morgan fingerprint density at radius 2 is 1.78 bits per heavy atom. The van der Waals surface area contributed by atoms with Gasteiger partial charge in [0.2, 0.25) is 0 Å². The predicted molar refractivity (Wildman–Crippen MR) is 106 cm³/mol. The Hall–Kier alpha value is -0.560. The molecule has 0 aliphatic heterocycles. The number of fused-ring (bicyclic) bond motifs is 5. The van der Waals surface area contributed by atoms with E-state index in [9.17, 15) is 15.0 Å². The Balaban J connectivity index is 1.58. The Kier molecular flexibility index (Phi) is 4.94. The van der Waals surface area contributed by atoms with Crippen molar-refractivity contribution in [2.24, 2.45) is 40.4 Å². The summed E-state index contributed by atoms with van der Waals surface area (Å²) >= 11 is 5.61. The highest BCUT2D eigenvalue weighted by Crippen LogP contribution is 2.68. The molecule has 0 aromatic rings. The summed E-state index contributed by atoms with van der Waals surface area (Å²) in [4.78, 5) is 12.4. The van der Waals surface area contributed by atoms with Crippen LogP contribution in [0.3, 0.4) is 0 Å². The maximum absolute atomic E-state index is 12.4. The lowest BCUT2D eigenvalue weighted by Crippen LogP contribution is -2.56. The molecule has 3 nitrogen and oxygen atoms in total. The second-order valence-electron chi connectivity index (χ2n) is 10.4. The van der Waals surface area contributed by atoms with Crippen LogP contribution in [-0.2, 0) is 4.79 Å². The Morgan fingerprint density at radius 1 is 1.04 bits per heavy atom. The topological polar surface area (TPSA) is 57.5 Å². The molecule has 0 heterocycles. The average molecular weight is 393 g/mol. The van der Waals surface area contributed by atoms with Crippen molar-refractivity contribution in [3.8, 4) is 11.3 Å². The van der Waals surface area contributed by atoms with Crippen molar-refractivity contribution in [3.63, 3.8) is 0 Å². The number of rotatable bonds is 2. The van der Waals surface area contributed by atoms with E-state index in [0.717, 1.165) is 44.9 Å². The Labute approximate surface area is 168 Å². The minimum absolute atomic E-state index is 0.0504. The third-order valence-corrected chi connectivity index (χ3v) is 9.65. The largest absolute Gasteiger partial charge is 0.389 e. The van der Waals surface area contributed by atoms with E-state index < -0.39 is 5.60 Å². The normalized spacial score (nSPS) is 51.4. The molecule has 0 bridgehead atoms. The number of Topliss-reactive ketones (excluding diaryl/α,β-unsaturated/α-hetero) is 1. The molecular formula is C23H33ClO3. The van der Waals surface area contributed by atoms with Gasteiger partial charge in [-0.1, -0.05) is 19.8 Å². The number of aliphatic hydroxyl groups is 2. The van der Waals surface area contributed by atoms with Crippen LogP contribution in [0.2, 0.25) is 0 Å². The SMILES string of the molecule is C[C@]12CC[C@H]3[C@@H](CCC4CC(O)(C#CCl)CC[C@@]43C)[C@@H]1CC[C@@H]2C(=O)CO. The van der Waals surface area contributed by atoms with E-state index in [1.807, 2.05) is 0 Å². The maximum atomic E-state index is 12.4. The van der Waals surface area contributed by atoms with Gasteiger partial charge in [-0.3, -0.25) is 4.79 Å². The Bertz CT molecular complexity index is 681. The lowest BCUT2D eigenvalue weighted by atomic mass is 9.44. The minimum atomic E-state index is -0.909. The average Bonchev–Trinajstić information content (AvgIpc) is 2.99. The minimum Gasteiger partial charge on any atom is -0.389 e. The van der Waals surface area contributed by atoms with Crippen LogP contribution in [-0.4, -0.2) is 28.2 Å². The molecule has 27 heavy (non-hydrogen) atoms. The number of hydrogen-bond acceptors (Lipinski definition) is 3. The van der Waals surface area contributed by atoms with Gasteiger partial charge in [0.05, 0.1) is 0 Å².